The summed E-state index contributed by atoms with van der Waals surface area (Å²) in [5, 5.41) is 5.21. The molecule has 3 fully saturated rings. The zero-order valence-corrected chi connectivity index (χ0v) is 15.1. The van der Waals surface area contributed by atoms with Crippen LogP contribution in [0.3, 0.4) is 0 Å². The van der Waals surface area contributed by atoms with Crippen LogP contribution in [0.4, 0.5) is 0 Å². The second-order valence-electron chi connectivity index (χ2n) is 6.32. The monoisotopic (exact) mass is 328 g/mol. The first-order valence-electron chi connectivity index (χ1n) is 8.68. The molecule has 6 heteroatoms. The third-order valence-electron chi connectivity index (χ3n) is 4.63. The molecule has 2 N–H and O–H groups in total. The van der Waals surface area contributed by atoms with Crippen LogP contribution in [0.15, 0.2) is 0 Å². The lowest BCUT2D eigenvalue weighted by molar-refractivity contribution is -0.154. The quantitative estimate of drug-likeness (QED) is 0.777. The molecule has 0 radical (unpaired) electrons. The molecule has 1 aliphatic carbocycles. The molecule has 134 valence electrons. The van der Waals surface area contributed by atoms with Crippen molar-refractivity contribution in [3.8, 4) is 0 Å². The number of hydrogen-bond donors (Lipinski definition) is 2. The van der Waals surface area contributed by atoms with Gasteiger partial charge < -0.3 is 20.1 Å². The van der Waals surface area contributed by atoms with Gasteiger partial charge in [-0.25, -0.2) is 0 Å². The maximum Gasteiger partial charge on any atom is 0.245 e. The van der Waals surface area contributed by atoms with Crippen molar-refractivity contribution in [3.05, 3.63) is 0 Å². The van der Waals surface area contributed by atoms with Crippen LogP contribution >= 0.6 is 0 Å². The highest BCUT2D eigenvalue weighted by Gasteiger charge is 2.42. The van der Waals surface area contributed by atoms with Gasteiger partial charge in [0.25, 0.3) is 0 Å². The lowest BCUT2D eigenvalue weighted by Crippen LogP contribution is -2.53. The lowest BCUT2D eigenvalue weighted by atomic mass is 9.72. The third-order valence-corrected chi connectivity index (χ3v) is 4.63. The maximum atomic E-state index is 11.9. The second kappa shape index (κ2) is 9.23. The summed E-state index contributed by atoms with van der Waals surface area (Å²) in [6, 6.07) is -0.662. The van der Waals surface area contributed by atoms with Crippen molar-refractivity contribution in [1.82, 2.24) is 10.6 Å². The molecule has 0 aromatic carbocycles. The fraction of sp³-hybridized carbons (Fsp3) is 0.882. The van der Waals surface area contributed by atoms with Crippen LogP contribution in [0.1, 0.15) is 53.4 Å². The zero-order valence-electron chi connectivity index (χ0n) is 15.1. The Morgan fingerprint density at radius 1 is 1.30 bits per heavy atom. The van der Waals surface area contributed by atoms with Crippen LogP contribution in [0.2, 0.25) is 0 Å². The van der Waals surface area contributed by atoms with Crippen molar-refractivity contribution in [2.75, 3.05) is 20.3 Å². The molecule has 0 aromatic heterocycles. The Morgan fingerprint density at radius 3 is 2.35 bits per heavy atom. The lowest BCUT2D eigenvalue weighted by Gasteiger charge is -2.46. The number of hydrogen-bond acceptors (Lipinski definition) is 4. The summed E-state index contributed by atoms with van der Waals surface area (Å²) in [5.41, 5.74) is 0.0898. The van der Waals surface area contributed by atoms with Crippen molar-refractivity contribution in [2.24, 2.45) is 5.41 Å². The van der Waals surface area contributed by atoms with E-state index in [1.165, 1.54) is 6.92 Å². The van der Waals surface area contributed by atoms with Gasteiger partial charge in [-0.2, -0.15) is 0 Å². The van der Waals surface area contributed by atoms with E-state index in [1.807, 2.05) is 20.8 Å². The summed E-state index contributed by atoms with van der Waals surface area (Å²) in [7, 11) is 1.55. The molecule has 2 saturated heterocycles. The fourth-order valence-electron chi connectivity index (χ4n) is 3.17. The standard InChI is InChI=1S/C15H26N2O4.C2H6/c1-10(13(14(19)16-3)17-11(2)18)20-8-15-6-4-12(5-7-15)21-9-15;1-2/h10,12-13H,4-9H2,1-3H3,(H,16,19)(H,17,18);1-2H3. The smallest absolute Gasteiger partial charge is 0.245 e. The van der Waals surface area contributed by atoms with E-state index >= 15 is 0 Å². The van der Waals surface area contributed by atoms with E-state index < -0.39 is 6.04 Å². The third kappa shape index (κ3) is 5.46. The first-order chi connectivity index (χ1) is 11.0. The van der Waals surface area contributed by atoms with Crippen molar-refractivity contribution >= 4 is 11.8 Å². The summed E-state index contributed by atoms with van der Waals surface area (Å²) in [5.74, 6) is -0.475. The fourth-order valence-corrected chi connectivity index (χ4v) is 3.17. The van der Waals surface area contributed by atoms with Crippen molar-refractivity contribution in [2.45, 2.75) is 71.6 Å². The SMILES string of the molecule is CC.CNC(=O)C(NC(C)=O)C(C)OCC12CCC(CC1)OC2. The van der Waals surface area contributed by atoms with Gasteiger partial charge in [0, 0.05) is 19.4 Å². The molecular formula is C17H32N2O4. The molecule has 3 aliphatic rings. The zero-order chi connectivity index (χ0) is 17.5. The van der Waals surface area contributed by atoms with E-state index in [4.69, 9.17) is 9.47 Å². The number of ether oxygens (including phenoxy) is 2. The minimum Gasteiger partial charge on any atom is -0.378 e. The average Bonchev–Trinajstić information content (AvgIpc) is 2.60. The van der Waals surface area contributed by atoms with E-state index in [1.54, 1.807) is 7.05 Å². The van der Waals surface area contributed by atoms with Crippen molar-refractivity contribution in [1.29, 1.82) is 0 Å². The van der Waals surface area contributed by atoms with E-state index in [9.17, 15) is 9.59 Å². The molecule has 23 heavy (non-hydrogen) atoms. The Labute approximate surface area is 139 Å². The van der Waals surface area contributed by atoms with Crippen LogP contribution in [0, 0.1) is 5.41 Å². The number of carbonyl (C=O) groups is 2. The first kappa shape index (κ1) is 19.9. The Kier molecular flexibility index (Phi) is 7.99. The maximum absolute atomic E-state index is 11.9. The molecule has 2 aliphatic heterocycles. The van der Waals surface area contributed by atoms with Crippen LogP contribution in [-0.2, 0) is 19.1 Å². The van der Waals surface area contributed by atoms with Gasteiger partial charge in [-0.15, -0.1) is 0 Å². The summed E-state index contributed by atoms with van der Waals surface area (Å²) < 4.78 is 11.7. The van der Waals surface area contributed by atoms with E-state index in [0.717, 1.165) is 32.3 Å². The van der Waals surface area contributed by atoms with Gasteiger partial charge in [0.2, 0.25) is 11.8 Å². The Bertz CT molecular complexity index is 378. The molecule has 2 heterocycles. The Balaban J connectivity index is 0.00000127. The van der Waals surface area contributed by atoms with Crippen molar-refractivity contribution in [3.63, 3.8) is 0 Å². The largest absolute Gasteiger partial charge is 0.378 e. The molecule has 0 aromatic rings. The van der Waals surface area contributed by atoms with Gasteiger partial charge >= 0.3 is 0 Å². The van der Waals surface area contributed by atoms with E-state index in [0.29, 0.717) is 12.7 Å². The number of rotatable bonds is 6. The minimum atomic E-state index is -0.662. The van der Waals surface area contributed by atoms with Gasteiger partial charge in [0.1, 0.15) is 6.04 Å². The van der Waals surface area contributed by atoms with Gasteiger partial charge in [0.15, 0.2) is 0 Å². The Morgan fingerprint density at radius 2 is 1.91 bits per heavy atom. The van der Waals surface area contributed by atoms with Crippen LogP contribution < -0.4 is 10.6 Å². The summed E-state index contributed by atoms with van der Waals surface area (Å²) in [4.78, 5) is 23.1. The highest BCUT2D eigenvalue weighted by Crippen LogP contribution is 2.43. The highest BCUT2D eigenvalue weighted by atomic mass is 16.5. The van der Waals surface area contributed by atoms with Crippen LogP contribution in [0.25, 0.3) is 0 Å². The highest BCUT2D eigenvalue weighted by molar-refractivity contribution is 5.87. The molecule has 1 saturated carbocycles. The summed E-state index contributed by atoms with van der Waals surface area (Å²) in [6.45, 7) is 8.54. The van der Waals surface area contributed by atoms with Crippen LogP contribution in [0.5, 0.6) is 0 Å². The van der Waals surface area contributed by atoms with Gasteiger partial charge in [0.05, 0.1) is 25.4 Å². The molecule has 2 bridgehead atoms. The number of carbonyl (C=O) groups excluding carboxylic acids is 2. The molecule has 2 amide bonds. The molecule has 3 rings (SSSR count). The molecule has 2 unspecified atom stereocenters. The Hall–Kier alpha value is -1.14. The van der Waals surface area contributed by atoms with Gasteiger partial charge in [-0.1, -0.05) is 13.8 Å². The first-order valence-corrected chi connectivity index (χ1v) is 8.68. The number of amides is 2. The van der Waals surface area contributed by atoms with Gasteiger partial charge in [-0.3, -0.25) is 9.59 Å². The number of fused-ring (bicyclic) bond motifs is 3. The predicted molar refractivity (Wildman–Crippen MR) is 89.1 cm³/mol. The van der Waals surface area contributed by atoms with Crippen LogP contribution in [-0.4, -0.2) is 50.3 Å². The minimum absolute atomic E-state index is 0.0898. The topological polar surface area (TPSA) is 76.7 Å². The number of nitrogens with one attached hydrogen (secondary N) is 2. The molecule has 2 atom stereocenters. The normalized spacial score (nSPS) is 28.1. The predicted octanol–water partition coefficient (Wildman–Crippen LogP) is 1.63. The second-order valence-corrected chi connectivity index (χ2v) is 6.32. The van der Waals surface area contributed by atoms with E-state index in [-0.39, 0.29) is 23.3 Å². The molecule has 6 nitrogen and oxygen atoms in total. The molecular weight excluding hydrogens is 296 g/mol. The molecule has 0 spiro atoms. The van der Waals surface area contributed by atoms with E-state index in [2.05, 4.69) is 10.6 Å². The summed E-state index contributed by atoms with van der Waals surface area (Å²) in [6.07, 6.45) is 4.50. The van der Waals surface area contributed by atoms with Gasteiger partial charge in [-0.05, 0) is 32.6 Å². The average molecular weight is 328 g/mol. The van der Waals surface area contributed by atoms with Crippen molar-refractivity contribution < 1.29 is 19.1 Å². The summed E-state index contributed by atoms with van der Waals surface area (Å²) >= 11 is 0. The number of likely N-dealkylation sites (N-methyl/N-ethyl adjacent to an activating group) is 1.